The third-order valence-corrected chi connectivity index (χ3v) is 14.2. The van der Waals surface area contributed by atoms with Gasteiger partial charge in [0.15, 0.2) is 25.2 Å². The summed E-state index contributed by atoms with van der Waals surface area (Å²) in [7, 11) is 4.30. The summed E-state index contributed by atoms with van der Waals surface area (Å²) < 4.78 is 57.4. The summed E-state index contributed by atoms with van der Waals surface area (Å²) >= 11 is 0. The van der Waals surface area contributed by atoms with E-state index in [1.54, 1.807) is 108 Å². The molecule has 0 aliphatic carbocycles. The highest BCUT2D eigenvalue weighted by molar-refractivity contribution is 5.98. The van der Waals surface area contributed by atoms with Crippen LogP contribution in [0.25, 0.3) is 34.4 Å². The van der Waals surface area contributed by atoms with Gasteiger partial charge in [-0.1, -0.05) is 135 Å². The highest BCUT2D eigenvalue weighted by Gasteiger charge is 2.46. The van der Waals surface area contributed by atoms with Gasteiger partial charge in [-0.3, -0.25) is 0 Å². The van der Waals surface area contributed by atoms with Crippen molar-refractivity contribution < 1.29 is 82.2 Å². The lowest BCUT2D eigenvalue weighted by Gasteiger charge is -2.25. The molecule has 2 aliphatic rings. The van der Waals surface area contributed by atoms with Gasteiger partial charge in [-0.25, -0.2) is 14.4 Å². The summed E-state index contributed by atoms with van der Waals surface area (Å²) in [6.07, 6.45) is 9.71. The molecule has 2 heterocycles. The van der Waals surface area contributed by atoms with Gasteiger partial charge >= 0.3 is 17.9 Å². The van der Waals surface area contributed by atoms with Gasteiger partial charge in [-0.05, 0) is 142 Å². The molecule has 456 valence electrons. The number of aliphatic hydroxyl groups excluding tert-OH is 3. The van der Waals surface area contributed by atoms with Gasteiger partial charge in [0.05, 0.1) is 37.1 Å². The van der Waals surface area contributed by atoms with E-state index in [4.69, 9.17) is 47.4 Å². The standard InChI is InChI=1S/C38H44O9.C30H38O8/c1-25(26(2)39)20-21-31(45-36(40)28-16-11-8-12-17-28)35-32(46-38(3,4)47-35)19-13-18-29-22-30(27-14-9-7-10-15-27)23-33(44-24-42-5)34(29)37(41)43-6;1-19(20(2)31)14-15-24(32)28-25(37-30(3,4)38-28)13-9-12-22-16-23(21-10-7-6-8-11-21)17-26(36-18-35-5)27(22)29(33)34/h7-18,20-23,25-26,31-32,35,39H,19,24H2,1-6H3;6-12,14-17,19-20,24-25,28,31-32H,13,18H2,1-5H3,(H,33,34)/b18-13+,21-20-;12-9+,15-14-/t25-,26+,31?,32+,35-;19-,20+,24?,25+,28-/m11/s1. The number of aromatic carboxylic acids is 1. The molecule has 0 saturated carbocycles. The van der Waals surface area contributed by atoms with E-state index in [0.717, 1.165) is 22.3 Å². The maximum Gasteiger partial charge on any atom is 0.342 e. The topological polar surface area (TPSA) is 224 Å². The number of carbonyl (C=O) groups excluding carboxylic acids is 2. The molecule has 0 bridgehead atoms. The predicted molar refractivity (Wildman–Crippen MR) is 324 cm³/mol. The number of carbonyl (C=O) groups is 3. The van der Waals surface area contributed by atoms with Gasteiger partial charge in [0, 0.05) is 14.2 Å². The maximum atomic E-state index is 13.2. The van der Waals surface area contributed by atoms with E-state index in [1.807, 2.05) is 111 Å². The van der Waals surface area contributed by atoms with Crippen molar-refractivity contribution >= 4 is 30.1 Å². The number of hydrogen-bond donors (Lipinski definition) is 4. The first-order valence-electron chi connectivity index (χ1n) is 28.3. The lowest BCUT2D eigenvalue weighted by Crippen LogP contribution is -2.37. The Bertz CT molecular complexity index is 3060. The van der Waals surface area contributed by atoms with Crippen LogP contribution in [-0.4, -0.2) is 134 Å². The molecule has 2 aliphatic heterocycles. The Balaban J connectivity index is 0.000000279. The number of methoxy groups -OCH3 is 3. The Morgan fingerprint density at radius 3 is 1.44 bits per heavy atom. The van der Waals surface area contributed by atoms with Crippen LogP contribution in [0.5, 0.6) is 11.5 Å². The normalized spacial score (nSPS) is 20.4. The first-order valence-corrected chi connectivity index (χ1v) is 28.3. The van der Waals surface area contributed by atoms with Crippen LogP contribution in [0.2, 0.25) is 0 Å². The summed E-state index contributed by atoms with van der Waals surface area (Å²) in [5, 5.41) is 40.6. The molecule has 0 amide bonds. The molecule has 10 atom stereocenters. The minimum Gasteiger partial charge on any atom is -0.478 e. The van der Waals surface area contributed by atoms with E-state index in [0.29, 0.717) is 35.3 Å². The van der Waals surface area contributed by atoms with Gasteiger partial charge in [-0.2, -0.15) is 0 Å². The van der Waals surface area contributed by atoms with Crippen LogP contribution in [-0.2, 0) is 37.9 Å². The van der Waals surface area contributed by atoms with E-state index >= 15 is 0 Å². The van der Waals surface area contributed by atoms with Crippen LogP contribution in [0.3, 0.4) is 0 Å². The van der Waals surface area contributed by atoms with Crippen molar-refractivity contribution in [3.05, 3.63) is 180 Å². The van der Waals surface area contributed by atoms with Crippen molar-refractivity contribution in [1.82, 2.24) is 0 Å². The van der Waals surface area contributed by atoms with Crippen molar-refractivity contribution in [2.75, 3.05) is 34.9 Å². The number of aliphatic hydroxyl groups is 3. The minimum absolute atomic E-state index is 0.0218. The molecule has 17 nitrogen and oxygen atoms in total. The molecule has 5 aromatic carbocycles. The molecule has 4 N–H and O–H groups in total. The number of benzene rings is 5. The molecule has 2 unspecified atom stereocenters. The summed E-state index contributed by atoms with van der Waals surface area (Å²) in [6, 6.07) is 35.3. The van der Waals surface area contributed by atoms with Crippen molar-refractivity contribution in [3.63, 3.8) is 0 Å². The first kappa shape index (κ1) is 66.8. The second kappa shape index (κ2) is 31.7. The number of rotatable bonds is 26. The zero-order valence-corrected chi connectivity index (χ0v) is 50.3. The van der Waals surface area contributed by atoms with Crippen LogP contribution in [0.1, 0.15) is 110 Å². The molecule has 5 aromatic rings. The van der Waals surface area contributed by atoms with Crippen molar-refractivity contribution in [3.8, 4) is 33.8 Å². The largest absolute Gasteiger partial charge is 0.478 e. The van der Waals surface area contributed by atoms with Crippen LogP contribution in [0.4, 0.5) is 0 Å². The van der Waals surface area contributed by atoms with E-state index in [9.17, 15) is 34.8 Å². The average Bonchev–Trinajstić information content (AvgIpc) is 3.00. The lowest BCUT2D eigenvalue weighted by atomic mass is 9.96. The highest BCUT2D eigenvalue weighted by atomic mass is 16.8. The molecule has 0 spiro atoms. The summed E-state index contributed by atoms with van der Waals surface area (Å²) in [6.45, 7) is 14.2. The van der Waals surface area contributed by atoms with Gasteiger partial charge in [0.25, 0.3) is 0 Å². The van der Waals surface area contributed by atoms with Crippen LogP contribution in [0.15, 0.2) is 152 Å². The highest BCUT2D eigenvalue weighted by Crippen LogP contribution is 2.38. The molecular formula is C68H82O17. The number of carboxylic acid groups (broad SMARTS) is 1. The zero-order valence-electron chi connectivity index (χ0n) is 50.3. The van der Waals surface area contributed by atoms with Gasteiger partial charge < -0.3 is 67.8 Å². The Morgan fingerprint density at radius 2 is 0.976 bits per heavy atom. The Kier molecular flexibility index (Phi) is 25.0. The number of ether oxygens (including phenoxy) is 10. The number of esters is 2. The predicted octanol–water partition coefficient (Wildman–Crippen LogP) is 11.7. The molecule has 2 fully saturated rings. The van der Waals surface area contributed by atoms with Crippen LogP contribution in [0, 0.1) is 11.8 Å². The minimum atomic E-state index is -1.12. The zero-order chi connectivity index (χ0) is 61.8. The molecule has 2 saturated heterocycles. The number of hydrogen-bond acceptors (Lipinski definition) is 16. The quantitative estimate of drug-likeness (QED) is 0.0229. The molecule has 0 aromatic heterocycles. The fraction of sp³-hybridized carbons (Fsp3) is 0.397. The first-order chi connectivity index (χ1) is 40.5. The van der Waals surface area contributed by atoms with Crippen LogP contribution < -0.4 is 9.47 Å². The molecule has 85 heavy (non-hydrogen) atoms. The second-order valence-corrected chi connectivity index (χ2v) is 21.8. The SMILES string of the molecule is COCOc1cc(-c2ccccc2)cc(/C=C/C[C@@H]2OC(C)(C)O[C@@H]2C(/C=C\[C@@H](C)[C@H](C)O)OC(=O)c2ccccc2)c1C(=O)OC.COCOc1cc(-c2ccccc2)cc(/C=C/C[C@@H]2OC(C)(C)O[C@@H]2C(O)/C=C\[C@@H](C)[C@H](C)O)c1C(=O)O. The van der Waals surface area contributed by atoms with Crippen molar-refractivity contribution in [1.29, 1.82) is 0 Å². The van der Waals surface area contributed by atoms with Crippen molar-refractivity contribution in [2.45, 2.75) is 129 Å². The lowest BCUT2D eigenvalue weighted by molar-refractivity contribution is -0.153. The van der Waals surface area contributed by atoms with E-state index in [1.165, 1.54) is 21.3 Å². The molecule has 0 radical (unpaired) electrons. The summed E-state index contributed by atoms with van der Waals surface area (Å²) in [4.78, 5) is 38.4. The van der Waals surface area contributed by atoms with Gasteiger partial charge in [-0.15, -0.1) is 0 Å². The Morgan fingerprint density at radius 1 is 0.541 bits per heavy atom. The molecule has 17 heteroatoms. The Labute approximate surface area is 499 Å². The van der Waals surface area contributed by atoms with E-state index < -0.39 is 78.3 Å². The van der Waals surface area contributed by atoms with E-state index in [-0.39, 0.29) is 42.3 Å². The number of carboxylic acids is 1. The maximum absolute atomic E-state index is 13.2. The Hall–Kier alpha value is -7.29. The fourth-order valence-electron chi connectivity index (χ4n) is 9.46. The second-order valence-electron chi connectivity index (χ2n) is 21.8. The van der Waals surface area contributed by atoms with Gasteiger partial charge in [0.1, 0.15) is 47.0 Å². The fourth-order valence-corrected chi connectivity index (χ4v) is 9.46. The van der Waals surface area contributed by atoms with Crippen molar-refractivity contribution in [2.24, 2.45) is 11.8 Å². The van der Waals surface area contributed by atoms with Crippen LogP contribution >= 0.6 is 0 Å². The monoisotopic (exact) mass is 1170 g/mol. The van der Waals surface area contributed by atoms with Gasteiger partial charge in [0.2, 0.25) is 0 Å². The third-order valence-electron chi connectivity index (χ3n) is 14.2. The summed E-state index contributed by atoms with van der Waals surface area (Å²) in [5.74, 6) is -3.83. The smallest absolute Gasteiger partial charge is 0.342 e. The molecular weight excluding hydrogens is 1090 g/mol. The third kappa shape index (κ3) is 19.4. The summed E-state index contributed by atoms with van der Waals surface area (Å²) in [5.41, 5.74) is 5.22. The molecule has 7 rings (SSSR count). The average molecular weight is 1170 g/mol. The van der Waals surface area contributed by atoms with E-state index in [2.05, 4.69) is 0 Å².